The SMILES string of the molecule is CC(C)=CC1CC1(OC1CCCO1)C1CC1(C)C. The summed E-state index contributed by atoms with van der Waals surface area (Å²) in [5.74, 6) is 1.35. The van der Waals surface area contributed by atoms with Crippen molar-refractivity contribution in [3.05, 3.63) is 11.6 Å². The Morgan fingerprint density at radius 1 is 1.28 bits per heavy atom. The Hall–Kier alpha value is -0.340. The number of hydrogen-bond donors (Lipinski definition) is 0. The lowest BCUT2D eigenvalue weighted by Crippen LogP contribution is -2.28. The van der Waals surface area contributed by atoms with Crippen LogP contribution in [0.5, 0.6) is 0 Å². The summed E-state index contributed by atoms with van der Waals surface area (Å²) in [6, 6.07) is 0. The quantitative estimate of drug-likeness (QED) is 0.704. The van der Waals surface area contributed by atoms with Gasteiger partial charge in [0.2, 0.25) is 0 Å². The van der Waals surface area contributed by atoms with Crippen LogP contribution in [0.1, 0.15) is 53.4 Å². The van der Waals surface area contributed by atoms with Crippen LogP contribution < -0.4 is 0 Å². The van der Waals surface area contributed by atoms with Gasteiger partial charge >= 0.3 is 0 Å². The molecule has 0 spiro atoms. The maximum Gasteiger partial charge on any atom is 0.158 e. The molecule has 18 heavy (non-hydrogen) atoms. The van der Waals surface area contributed by atoms with Gasteiger partial charge < -0.3 is 9.47 Å². The van der Waals surface area contributed by atoms with Crippen molar-refractivity contribution < 1.29 is 9.47 Å². The van der Waals surface area contributed by atoms with Crippen LogP contribution in [0.15, 0.2) is 11.6 Å². The molecule has 0 aromatic rings. The summed E-state index contributed by atoms with van der Waals surface area (Å²) in [6.07, 6.45) is 7.22. The molecule has 1 saturated heterocycles. The van der Waals surface area contributed by atoms with Gasteiger partial charge in [-0.25, -0.2) is 0 Å². The van der Waals surface area contributed by atoms with Gasteiger partial charge in [0.25, 0.3) is 0 Å². The molecular formula is C16H26O2. The monoisotopic (exact) mass is 250 g/mol. The van der Waals surface area contributed by atoms with E-state index in [-0.39, 0.29) is 11.9 Å². The third-order valence-electron chi connectivity index (χ3n) is 4.88. The molecule has 0 bridgehead atoms. The van der Waals surface area contributed by atoms with E-state index in [0.717, 1.165) is 25.4 Å². The second-order valence-corrected chi connectivity index (χ2v) is 7.32. The van der Waals surface area contributed by atoms with E-state index in [9.17, 15) is 0 Å². The summed E-state index contributed by atoms with van der Waals surface area (Å²) in [5.41, 5.74) is 2.00. The second kappa shape index (κ2) is 4.08. The first-order chi connectivity index (χ1) is 8.44. The largest absolute Gasteiger partial charge is 0.353 e. The van der Waals surface area contributed by atoms with Crippen LogP contribution in [0, 0.1) is 17.3 Å². The van der Waals surface area contributed by atoms with Crippen molar-refractivity contribution in [1.29, 1.82) is 0 Å². The molecule has 0 aromatic heterocycles. The van der Waals surface area contributed by atoms with Crippen LogP contribution in [-0.2, 0) is 9.47 Å². The molecule has 2 nitrogen and oxygen atoms in total. The Bertz CT molecular complexity index is 361. The summed E-state index contributed by atoms with van der Waals surface area (Å²) >= 11 is 0. The van der Waals surface area contributed by atoms with Gasteiger partial charge in [0.15, 0.2) is 6.29 Å². The van der Waals surface area contributed by atoms with Gasteiger partial charge in [-0.05, 0) is 44.4 Å². The molecule has 4 atom stereocenters. The van der Waals surface area contributed by atoms with Crippen LogP contribution in [0.2, 0.25) is 0 Å². The molecule has 2 aliphatic carbocycles. The predicted octanol–water partition coefficient (Wildman–Crippen LogP) is 3.91. The molecular weight excluding hydrogens is 224 g/mol. The first-order valence-corrected chi connectivity index (χ1v) is 7.38. The lowest BCUT2D eigenvalue weighted by atomic mass is 10.0. The topological polar surface area (TPSA) is 18.5 Å². The Morgan fingerprint density at radius 3 is 2.50 bits per heavy atom. The molecule has 4 unspecified atom stereocenters. The van der Waals surface area contributed by atoms with Crippen LogP contribution in [-0.4, -0.2) is 18.5 Å². The fourth-order valence-electron chi connectivity index (χ4n) is 3.69. The zero-order chi connectivity index (χ0) is 13.0. The highest BCUT2D eigenvalue weighted by Crippen LogP contribution is 2.69. The maximum absolute atomic E-state index is 6.42. The summed E-state index contributed by atoms with van der Waals surface area (Å²) in [4.78, 5) is 0. The Kier molecular flexibility index (Phi) is 2.87. The Morgan fingerprint density at radius 2 is 2.00 bits per heavy atom. The van der Waals surface area contributed by atoms with Gasteiger partial charge in [0.1, 0.15) is 0 Å². The minimum atomic E-state index is 0.0666. The molecule has 0 N–H and O–H groups in total. The van der Waals surface area contributed by atoms with Crippen LogP contribution in [0.4, 0.5) is 0 Å². The summed E-state index contributed by atoms with van der Waals surface area (Å²) in [7, 11) is 0. The molecule has 0 aromatic carbocycles. The highest BCUT2D eigenvalue weighted by molar-refractivity contribution is 5.25. The summed E-state index contributed by atoms with van der Waals surface area (Å²) < 4.78 is 12.1. The standard InChI is InChI=1S/C16H26O2/c1-11(2)8-12-9-16(12,13-10-15(13,3)4)18-14-6-5-7-17-14/h8,12-14H,5-7,9-10H2,1-4H3. The molecule has 1 heterocycles. The van der Waals surface area contributed by atoms with Gasteiger partial charge in [-0.3, -0.25) is 0 Å². The average molecular weight is 250 g/mol. The third-order valence-corrected chi connectivity index (χ3v) is 4.88. The third kappa shape index (κ3) is 2.14. The van der Waals surface area contributed by atoms with Crippen molar-refractivity contribution in [2.24, 2.45) is 17.3 Å². The molecule has 3 fully saturated rings. The number of allylic oxidation sites excluding steroid dienone is 1. The van der Waals surface area contributed by atoms with E-state index in [0.29, 0.717) is 11.3 Å². The maximum atomic E-state index is 6.42. The summed E-state index contributed by atoms with van der Waals surface area (Å²) in [6.45, 7) is 9.99. The highest BCUT2D eigenvalue weighted by Gasteiger charge is 2.70. The number of hydrogen-bond acceptors (Lipinski definition) is 2. The van der Waals surface area contributed by atoms with Crippen molar-refractivity contribution in [2.75, 3.05) is 6.61 Å². The predicted molar refractivity (Wildman–Crippen MR) is 72.2 cm³/mol. The van der Waals surface area contributed by atoms with E-state index in [1.54, 1.807) is 0 Å². The van der Waals surface area contributed by atoms with E-state index in [1.165, 1.54) is 18.4 Å². The molecule has 2 saturated carbocycles. The van der Waals surface area contributed by atoms with E-state index in [2.05, 4.69) is 33.8 Å². The van der Waals surface area contributed by atoms with Crippen LogP contribution in [0.3, 0.4) is 0 Å². The van der Waals surface area contributed by atoms with Gasteiger partial charge in [-0.2, -0.15) is 0 Å². The Labute approximate surface area is 111 Å². The first-order valence-electron chi connectivity index (χ1n) is 7.38. The molecule has 2 heteroatoms. The minimum Gasteiger partial charge on any atom is -0.353 e. The van der Waals surface area contributed by atoms with E-state index < -0.39 is 0 Å². The molecule has 3 rings (SSSR count). The van der Waals surface area contributed by atoms with Gasteiger partial charge in [-0.15, -0.1) is 0 Å². The van der Waals surface area contributed by atoms with Crippen molar-refractivity contribution in [2.45, 2.75) is 65.3 Å². The van der Waals surface area contributed by atoms with Crippen molar-refractivity contribution in [1.82, 2.24) is 0 Å². The smallest absolute Gasteiger partial charge is 0.158 e. The lowest BCUT2D eigenvalue weighted by Gasteiger charge is -2.24. The van der Waals surface area contributed by atoms with Gasteiger partial charge in [0, 0.05) is 18.9 Å². The number of rotatable bonds is 4. The van der Waals surface area contributed by atoms with Gasteiger partial charge in [-0.1, -0.05) is 25.5 Å². The van der Waals surface area contributed by atoms with Crippen LogP contribution in [0.25, 0.3) is 0 Å². The molecule has 0 radical (unpaired) electrons. The lowest BCUT2D eigenvalue weighted by molar-refractivity contribution is -0.167. The highest BCUT2D eigenvalue weighted by atomic mass is 16.7. The minimum absolute atomic E-state index is 0.0666. The van der Waals surface area contributed by atoms with Crippen LogP contribution >= 0.6 is 0 Å². The second-order valence-electron chi connectivity index (χ2n) is 7.32. The zero-order valence-electron chi connectivity index (χ0n) is 12.2. The fraction of sp³-hybridized carbons (Fsp3) is 0.875. The van der Waals surface area contributed by atoms with E-state index >= 15 is 0 Å². The van der Waals surface area contributed by atoms with E-state index in [4.69, 9.17) is 9.47 Å². The molecule has 102 valence electrons. The molecule has 1 aliphatic heterocycles. The normalized spacial score (nSPS) is 44.8. The average Bonchev–Trinajstić information content (AvgIpc) is 3.01. The van der Waals surface area contributed by atoms with Crippen molar-refractivity contribution in [3.63, 3.8) is 0 Å². The zero-order valence-corrected chi connectivity index (χ0v) is 12.2. The first kappa shape index (κ1) is 12.7. The summed E-state index contributed by atoms with van der Waals surface area (Å²) in [5, 5.41) is 0. The van der Waals surface area contributed by atoms with Gasteiger partial charge in [0.05, 0.1) is 5.60 Å². The molecule has 0 amide bonds. The van der Waals surface area contributed by atoms with Crippen molar-refractivity contribution >= 4 is 0 Å². The molecule has 3 aliphatic rings. The number of ether oxygens (including phenoxy) is 2. The Balaban J connectivity index is 1.72. The van der Waals surface area contributed by atoms with Crippen molar-refractivity contribution in [3.8, 4) is 0 Å². The fourth-order valence-corrected chi connectivity index (χ4v) is 3.69. The van der Waals surface area contributed by atoms with E-state index in [1.807, 2.05) is 0 Å².